The lowest BCUT2D eigenvalue weighted by Gasteiger charge is -2.44. The Bertz CT molecular complexity index is 928. The van der Waals surface area contributed by atoms with E-state index in [-0.39, 0.29) is 18.3 Å². The topological polar surface area (TPSA) is 156 Å². The number of ether oxygens (including phenoxy) is 7. The van der Waals surface area contributed by atoms with Crippen molar-refractivity contribution in [2.75, 3.05) is 35.0 Å². The van der Waals surface area contributed by atoms with Crippen LogP contribution >= 0.6 is 0 Å². The van der Waals surface area contributed by atoms with Gasteiger partial charge in [-0.1, -0.05) is 13.8 Å². The van der Waals surface area contributed by atoms with E-state index >= 15 is 0 Å². The van der Waals surface area contributed by atoms with E-state index in [1.54, 1.807) is 35.2 Å². The highest BCUT2D eigenvalue weighted by Crippen LogP contribution is 2.57. The molecule has 43 heavy (non-hydrogen) atoms. The first-order valence-electron chi connectivity index (χ1n) is 15.1. The van der Waals surface area contributed by atoms with Gasteiger partial charge in [-0.25, -0.2) is 0 Å². The van der Waals surface area contributed by atoms with E-state index in [0.29, 0.717) is 13.0 Å². The fraction of sp³-hybridized carbons (Fsp3) is 0.903. The highest BCUT2D eigenvalue weighted by Gasteiger charge is 2.67. The van der Waals surface area contributed by atoms with E-state index in [1.807, 2.05) is 13.8 Å². The summed E-state index contributed by atoms with van der Waals surface area (Å²) in [5, 5.41) is 24.6. The molecule has 2 saturated carbocycles. The van der Waals surface area contributed by atoms with Crippen LogP contribution in [0.25, 0.3) is 0 Å². The number of hydrogen-bond donors (Lipinski definition) is 2. The van der Waals surface area contributed by atoms with Gasteiger partial charge in [0.25, 0.3) is 0 Å². The summed E-state index contributed by atoms with van der Waals surface area (Å²) in [5.74, 6) is -4.07. The van der Waals surface area contributed by atoms with E-state index in [1.165, 1.54) is 27.9 Å². The lowest BCUT2D eigenvalue weighted by atomic mass is 9.67. The van der Waals surface area contributed by atoms with Crippen molar-refractivity contribution in [3.05, 3.63) is 0 Å². The SMILES string of the molecule is COC[C@@H](C)[C@@H]1C([C@H](C[C@H](C)OC(C)=O)OC)[C@@H]2C[C@](O)([C@@H](OC)[C@@H](C)OC(C)=O)[C@H](OC(C)=O)[C@@H]2[C@@H](O)[C@H](C)[C@@H]1OC. The number of methoxy groups -OCH3 is 4. The van der Waals surface area contributed by atoms with Crippen LogP contribution in [0.15, 0.2) is 0 Å². The average molecular weight is 619 g/mol. The molecule has 2 rings (SSSR count). The molecular weight excluding hydrogens is 564 g/mol. The summed E-state index contributed by atoms with van der Waals surface area (Å²) >= 11 is 0. The smallest absolute Gasteiger partial charge is 0.303 e. The Kier molecular flexibility index (Phi) is 13.9. The fourth-order valence-electron chi connectivity index (χ4n) is 8.22. The van der Waals surface area contributed by atoms with Crippen molar-refractivity contribution in [3.63, 3.8) is 0 Å². The number of rotatable bonds is 14. The molecule has 0 aromatic rings. The lowest BCUT2D eigenvalue weighted by Crippen LogP contribution is -2.58. The summed E-state index contributed by atoms with van der Waals surface area (Å²) in [6.07, 6.45) is -5.39. The first-order valence-corrected chi connectivity index (χ1v) is 15.1. The van der Waals surface area contributed by atoms with E-state index in [0.717, 1.165) is 0 Å². The number of aliphatic hydroxyl groups excluding tert-OH is 1. The molecule has 2 aliphatic carbocycles. The Morgan fingerprint density at radius 3 is 1.98 bits per heavy atom. The Morgan fingerprint density at radius 1 is 0.907 bits per heavy atom. The van der Waals surface area contributed by atoms with Gasteiger partial charge in [-0.15, -0.1) is 0 Å². The summed E-state index contributed by atoms with van der Waals surface area (Å²) in [4.78, 5) is 36.2. The summed E-state index contributed by atoms with van der Waals surface area (Å²) < 4.78 is 40.4. The third kappa shape index (κ3) is 8.26. The molecule has 1 unspecified atom stereocenters. The Morgan fingerprint density at radius 2 is 1.51 bits per heavy atom. The van der Waals surface area contributed by atoms with Crippen molar-refractivity contribution in [3.8, 4) is 0 Å². The van der Waals surface area contributed by atoms with Crippen LogP contribution in [-0.4, -0.2) is 111 Å². The van der Waals surface area contributed by atoms with Crippen molar-refractivity contribution in [1.29, 1.82) is 0 Å². The van der Waals surface area contributed by atoms with Gasteiger partial charge in [0.2, 0.25) is 0 Å². The van der Waals surface area contributed by atoms with Crippen molar-refractivity contribution in [1.82, 2.24) is 0 Å². The molecule has 12 heteroatoms. The van der Waals surface area contributed by atoms with Gasteiger partial charge >= 0.3 is 17.9 Å². The molecule has 0 bridgehead atoms. The number of esters is 3. The van der Waals surface area contributed by atoms with Crippen LogP contribution in [0.1, 0.15) is 61.3 Å². The minimum atomic E-state index is -1.85. The Balaban J connectivity index is 2.85. The van der Waals surface area contributed by atoms with Crippen molar-refractivity contribution < 1.29 is 57.8 Å². The van der Waals surface area contributed by atoms with E-state index in [9.17, 15) is 24.6 Å². The zero-order valence-electron chi connectivity index (χ0n) is 27.6. The standard InChI is InChI=1S/C31H54O12/c1-15(14-37-8)24-25(23(38-9)12-16(2)41-19(5)32)22-13-31(36,29(40-11)18(4)42-20(6)33)30(43-21(7)34)26(22)27(35)17(3)28(24)39-10/h15-18,22-30,35-36H,12-14H2,1-11H3/t15-,16+,17+,18-,22+,23+,24-,25?,26+,27+,28+,29+,30-,31+/m1/s1. The monoisotopic (exact) mass is 618 g/mol. The maximum atomic E-state index is 12.5. The molecule has 250 valence electrons. The summed E-state index contributed by atoms with van der Waals surface area (Å²) in [5.41, 5.74) is -1.85. The van der Waals surface area contributed by atoms with Gasteiger partial charge in [-0.05, 0) is 43.9 Å². The number of hydrogen-bond acceptors (Lipinski definition) is 12. The van der Waals surface area contributed by atoms with E-state index in [2.05, 4.69) is 0 Å². The maximum absolute atomic E-state index is 12.5. The number of fused-ring (bicyclic) bond motifs is 1. The normalized spacial score (nSPS) is 35.9. The molecule has 0 aliphatic heterocycles. The second-order valence-electron chi connectivity index (χ2n) is 12.5. The van der Waals surface area contributed by atoms with Crippen molar-refractivity contribution in [2.24, 2.45) is 35.5 Å². The van der Waals surface area contributed by atoms with Gasteiger partial charge in [0.15, 0.2) is 0 Å². The van der Waals surface area contributed by atoms with Crippen LogP contribution in [-0.2, 0) is 47.5 Å². The number of carbonyl (C=O) groups is 3. The van der Waals surface area contributed by atoms with Gasteiger partial charge in [0, 0.05) is 74.1 Å². The zero-order valence-corrected chi connectivity index (χ0v) is 27.6. The summed E-state index contributed by atoms with van der Waals surface area (Å²) in [6, 6.07) is 0. The lowest BCUT2D eigenvalue weighted by molar-refractivity contribution is -0.210. The molecule has 14 atom stereocenters. The van der Waals surface area contributed by atoms with E-state index < -0.39 is 89.9 Å². The summed E-state index contributed by atoms with van der Waals surface area (Å²) in [6.45, 7) is 11.6. The number of aliphatic hydroxyl groups is 2. The molecule has 0 aromatic carbocycles. The van der Waals surface area contributed by atoms with Crippen LogP contribution in [0, 0.1) is 35.5 Å². The van der Waals surface area contributed by atoms with Gasteiger partial charge in [-0.3, -0.25) is 14.4 Å². The molecule has 0 spiro atoms. The second-order valence-corrected chi connectivity index (χ2v) is 12.5. The van der Waals surface area contributed by atoms with Gasteiger partial charge in [0.05, 0.1) is 18.3 Å². The predicted octanol–water partition coefficient (Wildman–Crippen LogP) is 2.15. The van der Waals surface area contributed by atoms with Crippen LogP contribution in [0.2, 0.25) is 0 Å². The average Bonchev–Trinajstić information content (AvgIpc) is 3.13. The predicted molar refractivity (Wildman–Crippen MR) is 155 cm³/mol. The minimum absolute atomic E-state index is 0.0304. The number of carbonyl (C=O) groups excluding carboxylic acids is 3. The zero-order chi connectivity index (χ0) is 32.8. The molecule has 0 saturated heterocycles. The van der Waals surface area contributed by atoms with Crippen molar-refractivity contribution >= 4 is 17.9 Å². The van der Waals surface area contributed by atoms with Gasteiger partial charge < -0.3 is 43.4 Å². The molecule has 2 N–H and O–H groups in total. The van der Waals surface area contributed by atoms with Gasteiger partial charge in [-0.2, -0.15) is 0 Å². The van der Waals surface area contributed by atoms with E-state index in [4.69, 9.17) is 33.2 Å². The molecule has 2 aliphatic rings. The minimum Gasteiger partial charge on any atom is -0.463 e. The highest BCUT2D eigenvalue weighted by molar-refractivity contribution is 5.67. The Hall–Kier alpha value is -1.83. The largest absolute Gasteiger partial charge is 0.463 e. The highest BCUT2D eigenvalue weighted by atomic mass is 16.6. The molecule has 0 aromatic heterocycles. The molecule has 0 amide bonds. The van der Waals surface area contributed by atoms with Crippen LogP contribution < -0.4 is 0 Å². The molecule has 0 heterocycles. The summed E-state index contributed by atoms with van der Waals surface area (Å²) in [7, 11) is 6.19. The fourth-order valence-corrected chi connectivity index (χ4v) is 8.22. The molecular formula is C31H54O12. The van der Waals surface area contributed by atoms with Crippen LogP contribution in [0.3, 0.4) is 0 Å². The quantitative estimate of drug-likeness (QED) is 0.216. The van der Waals surface area contributed by atoms with Crippen molar-refractivity contribution in [2.45, 2.75) is 110 Å². The van der Waals surface area contributed by atoms with Crippen LogP contribution in [0.4, 0.5) is 0 Å². The molecule has 2 fully saturated rings. The first-order chi connectivity index (χ1) is 20.1. The third-order valence-corrected chi connectivity index (χ3v) is 9.51. The maximum Gasteiger partial charge on any atom is 0.303 e. The van der Waals surface area contributed by atoms with Gasteiger partial charge in [0.1, 0.15) is 30.0 Å². The molecule has 0 radical (unpaired) electrons. The first kappa shape index (κ1) is 37.4. The second kappa shape index (κ2) is 15.9. The Labute approximate surface area is 256 Å². The molecule has 12 nitrogen and oxygen atoms in total. The third-order valence-electron chi connectivity index (χ3n) is 9.51. The van der Waals surface area contributed by atoms with Crippen LogP contribution in [0.5, 0.6) is 0 Å².